The van der Waals surface area contributed by atoms with Gasteiger partial charge >= 0.3 is 0 Å². The number of hydrogen-bond acceptors (Lipinski definition) is 2. The molecule has 0 amide bonds. The van der Waals surface area contributed by atoms with Crippen molar-refractivity contribution < 1.29 is 0 Å². The maximum atomic E-state index is 6.21. The molecular formula is C10H15Br2NS. The molecule has 0 bridgehead atoms. The van der Waals surface area contributed by atoms with E-state index in [1.54, 1.807) is 11.3 Å². The van der Waals surface area contributed by atoms with Gasteiger partial charge in [0.1, 0.15) is 0 Å². The largest absolute Gasteiger partial charge is 0.323 e. The van der Waals surface area contributed by atoms with Crippen LogP contribution in [0.15, 0.2) is 14.3 Å². The Kier molecular flexibility index (Phi) is 5.11. The lowest BCUT2D eigenvalue weighted by atomic mass is 9.94. The molecule has 0 saturated carbocycles. The van der Waals surface area contributed by atoms with Crippen molar-refractivity contribution in [1.29, 1.82) is 0 Å². The van der Waals surface area contributed by atoms with Crippen LogP contribution in [0.4, 0.5) is 0 Å². The second kappa shape index (κ2) is 5.64. The molecule has 0 saturated heterocycles. The molecule has 1 aromatic rings. The summed E-state index contributed by atoms with van der Waals surface area (Å²) in [6, 6.07) is 2.30. The lowest BCUT2D eigenvalue weighted by molar-refractivity contribution is 0.410. The maximum Gasteiger partial charge on any atom is 0.0843 e. The van der Waals surface area contributed by atoms with E-state index in [1.807, 2.05) is 0 Å². The van der Waals surface area contributed by atoms with Gasteiger partial charge in [-0.25, -0.2) is 0 Å². The minimum atomic E-state index is 0.178. The van der Waals surface area contributed by atoms with Crippen LogP contribution in [0.1, 0.15) is 37.6 Å². The molecule has 1 atom stereocenters. The normalized spacial score (nSPS) is 13.6. The molecule has 14 heavy (non-hydrogen) atoms. The van der Waals surface area contributed by atoms with Gasteiger partial charge in [-0.05, 0) is 43.8 Å². The highest BCUT2D eigenvalue weighted by Crippen LogP contribution is 2.37. The lowest BCUT2D eigenvalue weighted by Gasteiger charge is -2.19. The van der Waals surface area contributed by atoms with E-state index >= 15 is 0 Å². The van der Waals surface area contributed by atoms with Crippen molar-refractivity contribution in [3.63, 3.8) is 0 Å². The molecule has 2 N–H and O–H groups in total. The average molecular weight is 341 g/mol. The SMILES string of the molecule is CCC(CC)C(N)c1cc(Br)c(Br)s1. The van der Waals surface area contributed by atoms with Gasteiger partial charge in [-0.15, -0.1) is 11.3 Å². The van der Waals surface area contributed by atoms with E-state index in [0.29, 0.717) is 5.92 Å². The van der Waals surface area contributed by atoms with Crippen molar-refractivity contribution in [2.45, 2.75) is 32.7 Å². The average Bonchev–Trinajstić information content (AvgIpc) is 2.49. The highest BCUT2D eigenvalue weighted by Gasteiger charge is 2.18. The number of rotatable bonds is 4. The number of nitrogens with two attached hydrogens (primary N) is 1. The fraction of sp³-hybridized carbons (Fsp3) is 0.600. The van der Waals surface area contributed by atoms with E-state index in [2.05, 4.69) is 51.8 Å². The molecule has 0 radical (unpaired) electrons. The van der Waals surface area contributed by atoms with E-state index < -0.39 is 0 Å². The summed E-state index contributed by atoms with van der Waals surface area (Å²) < 4.78 is 2.24. The Hall–Kier alpha value is 0.620. The van der Waals surface area contributed by atoms with E-state index in [0.717, 1.165) is 21.1 Å². The fourth-order valence-electron chi connectivity index (χ4n) is 1.56. The summed E-state index contributed by atoms with van der Waals surface area (Å²) in [5.41, 5.74) is 6.21. The van der Waals surface area contributed by atoms with E-state index in [4.69, 9.17) is 5.73 Å². The highest BCUT2D eigenvalue weighted by atomic mass is 79.9. The van der Waals surface area contributed by atoms with Gasteiger partial charge in [0, 0.05) is 15.4 Å². The Bertz CT molecular complexity index is 275. The van der Waals surface area contributed by atoms with Gasteiger partial charge in [-0.1, -0.05) is 26.7 Å². The van der Waals surface area contributed by atoms with Gasteiger partial charge in [-0.3, -0.25) is 0 Å². The molecule has 4 heteroatoms. The van der Waals surface area contributed by atoms with Crippen LogP contribution in [-0.2, 0) is 0 Å². The summed E-state index contributed by atoms with van der Waals surface area (Å²) in [7, 11) is 0. The van der Waals surface area contributed by atoms with E-state index in [9.17, 15) is 0 Å². The first kappa shape index (κ1) is 12.7. The molecule has 0 aromatic carbocycles. The third kappa shape index (κ3) is 2.81. The molecule has 1 aromatic heterocycles. The zero-order valence-electron chi connectivity index (χ0n) is 8.39. The van der Waals surface area contributed by atoms with Gasteiger partial charge < -0.3 is 5.73 Å². The standard InChI is InChI=1S/C10H15Br2NS/c1-3-6(4-2)9(13)8-5-7(11)10(12)14-8/h5-6,9H,3-4,13H2,1-2H3. The van der Waals surface area contributed by atoms with Crippen LogP contribution in [0.2, 0.25) is 0 Å². The summed E-state index contributed by atoms with van der Waals surface area (Å²) in [6.07, 6.45) is 2.29. The first-order chi connectivity index (χ1) is 6.60. The van der Waals surface area contributed by atoms with Crippen molar-refractivity contribution in [2.24, 2.45) is 11.7 Å². The second-order valence-electron chi connectivity index (χ2n) is 3.37. The Morgan fingerprint density at radius 2 is 1.93 bits per heavy atom. The molecule has 1 heterocycles. The molecular weight excluding hydrogens is 326 g/mol. The first-order valence-electron chi connectivity index (χ1n) is 4.80. The maximum absolute atomic E-state index is 6.21. The van der Waals surface area contributed by atoms with Crippen molar-refractivity contribution in [3.05, 3.63) is 19.2 Å². The Morgan fingerprint density at radius 1 is 1.36 bits per heavy atom. The zero-order chi connectivity index (χ0) is 10.7. The van der Waals surface area contributed by atoms with Crippen molar-refractivity contribution in [3.8, 4) is 0 Å². The lowest BCUT2D eigenvalue weighted by Crippen LogP contribution is -2.19. The second-order valence-corrected chi connectivity index (χ2v) is 6.63. The van der Waals surface area contributed by atoms with Crippen LogP contribution in [-0.4, -0.2) is 0 Å². The molecule has 0 aliphatic heterocycles. The monoisotopic (exact) mass is 339 g/mol. The predicted molar refractivity (Wildman–Crippen MR) is 70.7 cm³/mol. The first-order valence-corrected chi connectivity index (χ1v) is 7.20. The van der Waals surface area contributed by atoms with Crippen molar-refractivity contribution in [2.75, 3.05) is 0 Å². The Balaban J connectivity index is 2.82. The molecule has 1 unspecified atom stereocenters. The molecule has 0 fully saturated rings. The topological polar surface area (TPSA) is 26.0 Å². The fourth-order valence-corrected chi connectivity index (χ4v) is 3.74. The third-order valence-electron chi connectivity index (χ3n) is 2.55. The highest BCUT2D eigenvalue weighted by molar-refractivity contribution is 9.13. The summed E-state index contributed by atoms with van der Waals surface area (Å²) in [5.74, 6) is 0.590. The van der Waals surface area contributed by atoms with Crippen molar-refractivity contribution >= 4 is 43.2 Å². The van der Waals surface area contributed by atoms with Crippen LogP contribution in [0.25, 0.3) is 0 Å². The predicted octanol–water partition coefficient (Wildman–Crippen LogP) is 4.71. The van der Waals surface area contributed by atoms with Crippen LogP contribution >= 0.6 is 43.2 Å². The minimum absolute atomic E-state index is 0.178. The summed E-state index contributed by atoms with van der Waals surface area (Å²) in [6.45, 7) is 4.40. The summed E-state index contributed by atoms with van der Waals surface area (Å²) in [4.78, 5) is 1.26. The smallest absolute Gasteiger partial charge is 0.0843 e. The van der Waals surface area contributed by atoms with Crippen LogP contribution in [0.5, 0.6) is 0 Å². The number of thiophene rings is 1. The molecule has 0 aliphatic rings. The molecule has 1 nitrogen and oxygen atoms in total. The van der Waals surface area contributed by atoms with Crippen LogP contribution < -0.4 is 5.73 Å². The van der Waals surface area contributed by atoms with E-state index in [1.165, 1.54) is 4.88 Å². The van der Waals surface area contributed by atoms with Crippen molar-refractivity contribution in [1.82, 2.24) is 0 Å². The Morgan fingerprint density at radius 3 is 2.29 bits per heavy atom. The van der Waals surface area contributed by atoms with E-state index in [-0.39, 0.29) is 6.04 Å². The summed E-state index contributed by atoms with van der Waals surface area (Å²) >= 11 is 8.71. The quantitative estimate of drug-likeness (QED) is 0.843. The van der Waals surface area contributed by atoms with Gasteiger partial charge in [-0.2, -0.15) is 0 Å². The number of halogens is 2. The van der Waals surface area contributed by atoms with Crippen LogP contribution in [0.3, 0.4) is 0 Å². The third-order valence-corrected chi connectivity index (χ3v) is 5.91. The van der Waals surface area contributed by atoms with Gasteiger partial charge in [0.2, 0.25) is 0 Å². The minimum Gasteiger partial charge on any atom is -0.323 e. The Labute approximate surface area is 106 Å². The molecule has 1 rings (SSSR count). The zero-order valence-corrected chi connectivity index (χ0v) is 12.4. The molecule has 80 valence electrons. The van der Waals surface area contributed by atoms with Crippen LogP contribution in [0, 0.1) is 5.92 Å². The molecule has 0 spiro atoms. The van der Waals surface area contributed by atoms with Gasteiger partial charge in [0.25, 0.3) is 0 Å². The van der Waals surface area contributed by atoms with Gasteiger partial charge in [0.05, 0.1) is 3.79 Å². The van der Waals surface area contributed by atoms with Gasteiger partial charge in [0.15, 0.2) is 0 Å². The number of hydrogen-bond donors (Lipinski definition) is 1. The molecule has 0 aliphatic carbocycles. The summed E-state index contributed by atoms with van der Waals surface area (Å²) in [5, 5.41) is 0.